The summed E-state index contributed by atoms with van der Waals surface area (Å²) in [5, 5.41) is 20.5. The van der Waals surface area contributed by atoms with Crippen LogP contribution >= 0.6 is 43.5 Å². The molecule has 84 valence electrons. The van der Waals surface area contributed by atoms with E-state index in [4.69, 9.17) is 11.6 Å². The Bertz CT molecular complexity index is 333. The summed E-state index contributed by atoms with van der Waals surface area (Å²) in [6, 6.07) is 5.18. The van der Waals surface area contributed by atoms with Crippen molar-refractivity contribution in [3.63, 3.8) is 0 Å². The monoisotopic (exact) mass is 356 g/mol. The average molecular weight is 358 g/mol. The van der Waals surface area contributed by atoms with Gasteiger partial charge in [-0.3, -0.25) is 0 Å². The van der Waals surface area contributed by atoms with Gasteiger partial charge < -0.3 is 10.2 Å². The van der Waals surface area contributed by atoms with Crippen molar-refractivity contribution in [2.45, 2.75) is 18.6 Å². The zero-order chi connectivity index (χ0) is 11.4. The number of hydrogen-bond donors (Lipinski definition) is 2. The number of rotatable bonds is 4. The van der Waals surface area contributed by atoms with Crippen LogP contribution in [0.2, 0.25) is 5.02 Å². The van der Waals surface area contributed by atoms with Crippen LogP contribution in [0.5, 0.6) is 0 Å². The van der Waals surface area contributed by atoms with Gasteiger partial charge in [0.05, 0.1) is 6.10 Å². The van der Waals surface area contributed by atoms with Crippen molar-refractivity contribution in [2.24, 2.45) is 0 Å². The summed E-state index contributed by atoms with van der Waals surface area (Å²) >= 11 is 12.4. The van der Waals surface area contributed by atoms with Gasteiger partial charge in [-0.1, -0.05) is 49.5 Å². The first-order valence-corrected chi connectivity index (χ1v) is 6.72. The fourth-order valence-corrected chi connectivity index (χ4v) is 2.47. The van der Waals surface area contributed by atoms with Crippen molar-refractivity contribution in [1.82, 2.24) is 0 Å². The first-order chi connectivity index (χ1) is 7.06. The lowest BCUT2D eigenvalue weighted by Crippen LogP contribution is -2.18. The number of aliphatic hydroxyl groups excluding tert-OH is 2. The largest absolute Gasteiger partial charge is 0.390 e. The minimum absolute atomic E-state index is 0.450. The third-order valence-corrected chi connectivity index (χ3v) is 3.33. The predicted molar refractivity (Wildman–Crippen MR) is 68.5 cm³/mol. The van der Waals surface area contributed by atoms with Crippen LogP contribution in [-0.2, 0) is 0 Å². The summed E-state index contributed by atoms with van der Waals surface area (Å²) in [4.78, 5) is 0. The first-order valence-electron chi connectivity index (χ1n) is 4.43. The highest BCUT2D eigenvalue weighted by molar-refractivity contribution is 9.10. The molecule has 0 amide bonds. The standard InChI is InChI=1S/C10H11Br2ClO2/c11-4-3-9(14)10(15)7-2-1-6(12)5-8(7)13/h1-2,5,9-10,14-15H,3-4H2. The van der Waals surface area contributed by atoms with Gasteiger partial charge in [-0.15, -0.1) is 0 Å². The van der Waals surface area contributed by atoms with E-state index < -0.39 is 12.2 Å². The smallest absolute Gasteiger partial charge is 0.106 e. The molecule has 0 fully saturated rings. The van der Waals surface area contributed by atoms with Gasteiger partial charge in [0.1, 0.15) is 6.10 Å². The van der Waals surface area contributed by atoms with Crippen LogP contribution < -0.4 is 0 Å². The van der Waals surface area contributed by atoms with E-state index in [1.807, 2.05) is 0 Å². The van der Waals surface area contributed by atoms with E-state index in [2.05, 4.69) is 31.9 Å². The van der Waals surface area contributed by atoms with E-state index in [1.165, 1.54) is 0 Å². The highest BCUT2D eigenvalue weighted by Gasteiger charge is 2.19. The molecule has 1 aromatic rings. The SMILES string of the molecule is OC(CCBr)C(O)c1ccc(Br)cc1Cl. The summed E-state index contributed by atoms with van der Waals surface area (Å²) in [5.41, 5.74) is 0.549. The second-order valence-electron chi connectivity index (χ2n) is 3.16. The Morgan fingerprint density at radius 3 is 2.53 bits per heavy atom. The Morgan fingerprint density at radius 1 is 1.33 bits per heavy atom. The van der Waals surface area contributed by atoms with Crippen molar-refractivity contribution in [3.05, 3.63) is 33.3 Å². The van der Waals surface area contributed by atoms with Crippen molar-refractivity contribution < 1.29 is 10.2 Å². The van der Waals surface area contributed by atoms with Gasteiger partial charge in [0.15, 0.2) is 0 Å². The summed E-state index contributed by atoms with van der Waals surface area (Å²) in [5.74, 6) is 0. The first kappa shape index (κ1) is 13.5. The molecule has 2 nitrogen and oxygen atoms in total. The van der Waals surface area contributed by atoms with Crippen LogP contribution in [0, 0.1) is 0 Å². The molecule has 0 bridgehead atoms. The average Bonchev–Trinajstić information content (AvgIpc) is 2.17. The Hall–Kier alpha value is 0.390. The lowest BCUT2D eigenvalue weighted by molar-refractivity contribution is 0.0174. The van der Waals surface area contributed by atoms with Crippen LogP contribution in [0.25, 0.3) is 0 Å². The molecule has 0 aliphatic carbocycles. The third kappa shape index (κ3) is 3.71. The van der Waals surface area contributed by atoms with E-state index in [1.54, 1.807) is 18.2 Å². The molecule has 0 heterocycles. The van der Waals surface area contributed by atoms with Crippen LogP contribution in [0.15, 0.2) is 22.7 Å². The molecule has 1 aromatic carbocycles. The lowest BCUT2D eigenvalue weighted by Gasteiger charge is -2.18. The molecule has 0 aliphatic rings. The van der Waals surface area contributed by atoms with Crippen molar-refractivity contribution in [3.8, 4) is 0 Å². The van der Waals surface area contributed by atoms with Crippen LogP contribution in [0.1, 0.15) is 18.1 Å². The van der Waals surface area contributed by atoms with Gasteiger partial charge in [-0.2, -0.15) is 0 Å². The highest BCUT2D eigenvalue weighted by Crippen LogP contribution is 2.29. The molecule has 0 spiro atoms. The molecule has 2 unspecified atom stereocenters. The molecule has 0 saturated carbocycles. The van der Waals surface area contributed by atoms with E-state index >= 15 is 0 Å². The molecule has 0 aromatic heterocycles. The van der Waals surface area contributed by atoms with E-state index in [0.717, 1.165) is 4.47 Å². The number of alkyl halides is 1. The molecule has 0 radical (unpaired) electrons. The maximum Gasteiger partial charge on any atom is 0.106 e. The highest BCUT2D eigenvalue weighted by atomic mass is 79.9. The minimum atomic E-state index is -0.942. The molecule has 1 rings (SSSR count). The van der Waals surface area contributed by atoms with Gasteiger partial charge in [-0.25, -0.2) is 0 Å². The minimum Gasteiger partial charge on any atom is -0.390 e. The van der Waals surface area contributed by atoms with Crippen molar-refractivity contribution in [2.75, 3.05) is 5.33 Å². The summed E-state index contributed by atoms with van der Waals surface area (Å²) in [6.45, 7) is 0. The second-order valence-corrected chi connectivity index (χ2v) is 5.27. The summed E-state index contributed by atoms with van der Waals surface area (Å²) < 4.78 is 0.846. The number of halogens is 3. The molecular formula is C10H11Br2ClO2. The number of aliphatic hydroxyl groups is 2. The van der Waals surface area contributed by atoms with Crippen LogP contribution in [0.4, 0.5) is 0 Å². The number of hydrogen-bond acceptors (Lipinski definition) is 2. The quantitative estimate of drug-likeness (QED) is 0.811. The second kappa shape index (κ2) is 6.21. The maximum atomic E-state index is 9.82. The molecule has 0 saturated heterocycles. The van der Waals surface area contributed by atoms with Crippen LogP contribution in [0.3, 0.4) is 0 Å². The van der Waals surface area contributed by atoms with Gasteiger partial charge in [0, 0.05) is 20.4 Å². The molecular weight excluding hydrogens is 347 g/mol. The van der Waals surface area contributed by atoms with Crippen molar-refractivity contribution >= 4 is 43.5 Å². The third-order valence-electron chi connectivity index (χ3n) is 2.05. The molecule has 0 aliphatic heterocycles. The molecule has 15 heavy (non-hydrogen) atoms. The normalized spacial score (nSPS) is 15.0. The molecule has 2 atom stereocenters. The Labute approximate surface area is 111 Å². The van der Waals surface area contributed by atoms with E-state index in [-0.39, 0.29) is 0 Å². The zero-order valence-electron chi connectivity index (χ0n) is 7.83. The van der Waals surface area contributed by atoms with E-state index in [9.17, 15) is 10.2 Å². The number of benzene rings is 1. The van der Waals surface area contributed by atoms with Gasteiger partial charge in [-0.05, 0) is 18.6 Å². The fraction of sp³-hybridized carbons (Fsp3) is 0.400. The van der Waals surface area contributed by atoms with Gasteiger partial charge in [0.2, 0.25) is 0 Å². The predicted octanol–water partition coefficient (Wildman–Crippen LogP) is 3.28. The van der Waals surface area contributed by atoms with Crippen molar-refractivity contribution in [1.29, 1.82) is 0 Å². The Morgan fingerprint density at radius 2 is 2.00 bits per heavy atom. The summed E-state index contributed by atoms with van der Waals surface area (Å²) in [7, 11) is 0. The lowest BCUT2D eigenvalue weighted by atomic mass is 10.0. The van der Waals surface area contributed by atoms with Gasteiger partial charge >= 0.3 is 0 Å². The maximum absolute atomic E-state index is 9.82. The molecule has 5 heteroatoms. The fourth-order valence-electron chi connectivity index (χ4n) is 1.22. The topological polar surface area (TPSA) is 40.5 Å². The molecule has 2 N–H and O–H groups in total. The Kier molecular flexibility index (Phi) is 5.57. The van der Waals surface area contributed by atoms with E-state index in [0.29, 0.717) is 22.3 Å². The van der Waals surface area contributed by atoms with Gasteiger partial charge in [0.25, 0.3) is 0 Å². The zero-order valence-corrected chi connectivity index (χ0v) is 11.8. The summed E-state index contributed by atoms with van der Waals surface area (Å²) in [6.07, 6.45) is -1.26. The Balaban J connectivity index is 2.86. The van der Waals surface area contributed by atoms with Crippen LogP contribution in [-0.4, -0.2) is 21.6 Å².